The van der Waals surface area contributed by atoms with Gasteiger partial charge in [-0.05, 0) is 6.92 Å². The second kappa shape index (κ2) is 7.20. The van der Waals surface area contributed by atoms with Gasteiger partial charge in [0.1, 0.15) is 18.0 Å². The molecule has 0 radical (unpaired) electrons. The third kappa shape index (κ3) is 4.25. The van der Waals surface area contributed by atoms with Crippen LogP contribution in [0.15, 0.2) is 12.2 Å². The molecule has 0 saturated carbocycles. The Hall–Kier alpha value is -2.10. The quantitative estimate of drug-likeness (QED) is 0.288. The molecular formula is C14H11F7O3. The molecule has 0 aliphatic heterocycles. The Labute approximate surface area is 131 Å². The van der Waals surface area contributed by atoms with Crippen molar-refractivity contribution in [2.45, 2.75) is 25.6 Å². The van der Waals surface area contributed by atoms with Crippen molar-refractivity contribution in [3.63, 3.8) is 0 Å². The van der Waals surface area contributed by atoms with Crippen molar-refractivity contribution in [3.05, 3.63) is 46.5 Å². The lowest BCUT2D eigenvalue weighted by molar-refractivity contribution is -0.143. The van der Waals surface area contributed by atoms with Crippen molar-refractivity contribution in [2.24, 2.45) is 0 Å². The minimum atomic E-state index is -5.62. The van der Waals surface area contributed by atoms with E-state index in [1.165, 1.54) is 6.92 Å². The summed E-state index contributed by atoms with van der Waals surface area (Å²) in [5.74, 6) is -10.8. The molecule has 0 saturated heterocycles. The monoisotopic (exact) mass is 360 g/mol. The minimum Gasteiger partial charge on any atom is -0.460 e. The van der Waals surface area contributed by atoms with Gasteiger partial charge in [-0.1, -0.05) is 6.58 Å². The first kappa shape index (κ1) is 19.9. The summed E-state index contributed by atoms with van der Waals surface area (Å²) in [4.78, 5) is 11.1. The van der Waals surface area contributed by atoms with E-state index in [9.17, 15) is 40.6 Å². The van der Waals surface area contributed by atoms with Gasteiger partial charge in [-0.15, -0.1) is 0 Å². The molecule has 0 aliphatic carbocycles. The molecule has 3 nitrogen and oxygen atoms in total. The number of ether oxygens (including phenoxy) is 1. The van der Waals surface area contributed by atoms with Gasteiger partial charge in [0.15, 0.2) is 17.5 Å². The zero-order valence-electron chi connectivity index (χ0n) is 12.1. The molecule has 0 amide bonds. The number of benzene rings is 1. The van der Waals surface area contributed by atoms with Gasteiger partial charge in [0.05, 0.1) is 6.10 Å². The van der Waals surface area contributed by atoms with Crippen LogP contribution in [0.5, 0.6) is 0 Å². The fraction of sp³-hybridized carbons (Fsp3) is 0.357. The lowest BCUT2D eigenvalue weighted by Gasteiger charge is -2.16. The maximum Gasteiger partial charge on any atom is 0.422 e. The van der Waals surface area contributed by atoms with Crippen molar-refractivity contribution < 1.29 is 45.4 Å². The van der Waals surface area contributed by atoms with E-state index in [4.69, 9.17) is 0 Å². The van der Waals surface area contributed by atoms with Crippen molar-refractivity contribution >= 4 is 5.97 Å². The van der Waals surface area contributed by atoms with E-state index < -0.39 is 65.7 Å². The number of aliphatic hydroxyl groups is 1. The van der Waals surface area contributed by atoms with Crippen LogP contribution in [0.4, 0.5) is 30.7 Å². The van der Waals surface area contributed by atoms with Crippen molar-refractivity contribution in [2.75, 3.05) is 6.61 Å². The van der Waals surface area contributed by atoms with Crippen LogP contribution in [0, 0.1) is 23.3 Å². The van der Waals surface area contributed by atoms with Crippen LogP contribution in [0.1, 0.15) is 18.1 Å². The smallest absolute Gasteiger partial charge is 0.422 e. The normalized spacial score (nSPS) is 12.9. The molecule has 0 spiro atoms. The molecule has 0 aromatic heterocycles. The Balaban J connectivity index is 3.14. The Kier molecular flexibility index (Phi) is 5.99. The molecule has 0 fully saturated rings. The van der Waals surface area contributed by atoms with Crippen LogP contribution in [0.2, 0.25) is 0 Å². The number of carbonyl (C=O) groups is 1. The summed E-state index contributed by atoms with van der Waals surface area (Å²) in [7, 11) is 0. The lowest BCUT2D eigenvalue weighted by atomic mass is 10.0. The molecule has 0 heterocycles. The molecular weight excluding hydrogens is 349 g/mol. The predicted molar refractivity (Wildman–Crippen MR) is 66.8 cm³/mol. The van der Waals surface area contributed by atoms with E-state index in [1.807, 2.05) is 0 Å². The maximum absolute atomic E-state index is 13.8. The molecule has 1 N–H and O–H groups in total. The Morgan fingerprint density at radius 1 is 1.12 bits per heavy atom. The molecule has 0 bridgehead atoms. The first-order chi connectivity index (χ1) is 10.9. The number of hydrogen-bond donors (Lipinski definition) is 1. The number of aliphatic hydroxyl groups excluding tert-OH is 1. The third-order valence-corrected chi connectivity index (χ3v) is 2.83. The fourth-order valence-electron chi connectivity index (χ4n) is 1.70. The number of alkyl halides is 3. The van der Waals surface area contributed by atoms with E-state index >= 15 is 0 Å². The number of esters is 1. The first-order valence-corrected chi connectivity index (χ1v) is 6.30. The molecule has 1 rings (SSSR count). The summed E-state index contributed by atoms with van der Waals surface area (Å²) >= 11 is 0. The molecule has 1 aromatic rings. The maximum atomic E-state index is 13.8. The summed E-state index contributed by atoms with van der Waals surface area (Å²) < 4.78 is 95.8. The Morgan fingerprint density at radius 2 is 1.67 bits per heavy atom. The summed E-state index contributed by atoms with van der Waals surface area (Å²) in [5, 5.41) is 9.50. The van der Waals surface area contributed by atoms with Crippen LogP contribution in [-0.2, 0) is 22.1 Å². The molecule has 0 aliphatic rings. The predicted octanol–water partition coefficient (Wildman–Crippen LogP) is 3.28. The zero-order valence-corrected chi connectivity index (χ0v) is 12.1. The zero-order chi connectivity index (χ0) is 18.8. The Bertz CT molecular complexity index is 668. The van der Waals surface area contributed by atoms with E-state index in [0.717, 1.165) is 0 Å². The largest absolute Gasteiger partial charge is 0.460 e. The first-order valence-electron chi connectivity index (χ1n) is 6.30. The summed E-state index contributed by atoms with van der Waals surface area (Å²) in [6.07, 6.45) is -8.65. The minimum absolute atomic E-state index is 0.0632. The van der Waals surface area contributed by atoms with E-state index in [-0.39, 0.29) is 5.57 Å². The molecule has 24 heavy (non-hydrogen) atoms. The van der Waals surface area contributed by atoms with Gasteiger partial charge >= 0.3 is 12.1 Å². The van der Waals surface area contributed by atoms with Crippen LogP contribution < -0.4 is 0 Å². The number of carbonyl (C=O) groups excluding carboxylic acids is 1. The average Bonchev–Trinajstić information content (AvgIpc) is 2.45. The second-order valence-electron chi connectivity index (χ2n) is 4.84. The van der Waals surface area contributed by atoms with Gasteiger partial charge in [-0.2, -0.15) is 13.2 Å². The van der Waals surface area contributed by atoms with Crippen molar-refractivity contribution in [1.29, 1.82) is 0 Å². The highest BCUT2D eigenvalue weighted by Crippen LogP contribution is 2.37. The molecule has 10 heteroatoms. The van der Waals surface area contributed by atoms with Crippen molar-refractivity contribution in [3.8, 4) is 0 Å². The number of halogens is 7. The second-order valence-corrected chi connectivity index (χ2v) is 4.84. The van der Waals surface area contributed by atoms with Gasteiger partial charge in [-0.3, -0.25) is 0 Å². The summed E-state index contributed by atoms with van der Waals surface area (Å²) in [6.45, 7) is 3.63. The van der Waals surface area contributed by atoms with Gasteiger partial charge in [0.25, 0.3) is 0 Å². The van der Waals surface area contributed by atoms with Gasteiger partial charge in [0, 0.05) is 17.6 Å². The van der Waals surface area contributed by atoms with Gasteiger partial charge < -0.3 is 9.84 Å². The summed E-state index contributed by atoms with van der Waals surface area (Å²) in [5.41, 5.74) is -4.19. The molecule has 1 atom stereocenters. The lowest BCUT2D eigenvalue weighted by Crippen LogP contribution is -2.24. The number of hydrogen-bond acceptors (Lipinski definition) is 3. The van der Waals surface area contributed by atoms with E-state index in [0.29, 0.717) is 0 Å². The van der Waals surface area contributed by atoms with Gasteiger partial charge in [-0.25, -0.2) is 22.4 Å². The SMILES string of the molecule is C=C(C)C(=O)OCC(O)Cc1c(F)c(F)c(F)c(C(F)(F)F)c1F. The molecule has 1 unspecified atom stereocenters. The van der Waals surface area contributed by atoms with E-state index in [2.05, 4.69) is 11.3 Å². The van der Waals surface area contributed by atoms with Crippen molar-refractivity contribution in [1.82, 2.24) is 0 Å². The highest BCUT2D eigenvalue weighted by atomic mass is 19.4. The van der Waals surface area contributed by atoms with Gasteiger partial charge in [0.2, 0.25) is 0 Å². The van der Waals surface area contributed by atoms with Crippen LogP contribution in [0.3, 0.4) is 0 Å². The standard InChI is InChI=1S/C14H11F7O3/c1-5(2)13(23)24-4-6(22)3-7-9(15)8(14(19,20)21)11(17)12(18)10(7)16/h6,22H,1,3-4H2,2H3. The van der Waals surface area contributed by atoms with E-state index in [1.54, 1.807) is 0 Å². The Morgan fingerprint density at radius 3 is 2.12 bits per heavy atom. The van der Waals surface area contributed by atoms with Crippen LogP contribution in [0.25, 0.3) is 0 Å². The average molecular weight is 360 g/mol. The topological polar surface area (TPSA) is 46.5 Å². The highest BCUT2D eigenvalue weighted by Gasteiger charge is 2.42. The fourth-order valence-corrected chi connectivity index (χ4v) is 1.70. The van der Waals surface area contributed by atoms with Crippen LogP contribution in [-0.4, -0.2) is 23.8 Å². The van der Waals surface area contributed by atoms with Crippen LogP contribution >= 0.6 is 0 Å². The molecule has 134 valence electrons. The highest BCUT2D eigenvalue weighted by molar-refractivity contribution is 5.86. The summed E-state index contributed by atoms with van der Waals surface area (Å²) in [6, 6.07) is 0. The molecule has 1 aromatic carbocycles. The third-order valence-electron chi connectivity index (χ3n) is 2.83. The number of rotatable bonds is 5.